The Labute approximate surface area is 214 Å². The lowest BCUT2D eigenvalue weighted by Crippen LogP contribution is -2.76. The zero-order valence-electron chi connectivity index (χ0n) is 19.7. The number of rotatable bonds is 10. The Morgan fingerprint density at radius 3 is 2.72 bits per heavy atom. The molecule has 0 aliphatic carbocycles. The molecule has 2 fully saturated rings. The molecule has 2 saturated heterocycles. The van der Waals surface area contributed by atoms with Gasteiger partial charge in [-0.1, -0.05) is 12.1 Å². The predicted octanol–water partition coefficient (Wildman–Crippen LogP) is 0.341. The second-order valence-corrected chi connectivity index (χ2v) is 10.4. The predicted molar refractivity (Wildman–Crippen MR) is 128 cm³/mol. The minimum atomic E-state index is -1.60. The summed E-state index contributed by atoms with van der Waals surface area (Å²) in [5, 5.41) is 25.0. The van der Waals surface area contributed by atoms with Gasteiger partial charge in [0.05, 0.1) is 18.5 Å². The molecule has 2 aliphatic rings. The molecule has 14 nitrogen and oxygen atoms in total. The van der Waals surface area contributed by atoms with Gasteiger partial charge in [0.2, 0.25) is 5.91 Å². The van der Waals surface area contributed by atoms with Crippen LogP contribution in [-0.4, -0.2) is 99.5 Å². The van der Waals surface area contributed by atoms with Gasteiger partial charge in [-0.2, -0.15) is 0 Å². The van der Waals surface area contributed by atoms with Crippen molar-refractivity contribution >= 4 is 57.9 Å². The van der Waals surface area contributed by atoms with Gasteiger partial charge in [-0.3, -0.25) is 14.4 Å². The first-order valence-electron chi connectivity index (χ1n) is 10.9. The van der Waals surface area contributed by atoms with Crippen LogP contribution in [0.5, 0.6) is 0 Å². The molecule has 0 bridgehead atoms. The van der Waals surface area contributed by atoms with Gasteiger partial charge in [-0.15, -0.1) is 23.1 Å². The number of carbonyl (C=O) groups is 4. The zero-order valence-corrected chi connectivity index (χ0v) is 21.3. The first-order valence-corrected chi connectivity index (χ1v) is 12.7. The maximum Gasteiger partial charge on any atom is 0.508 e. The van der Waals surface area contributed by atoms with E-state index in [0.29, 0.717) is 6.42 Å². The number of amides is 2. The summed E-state index contributed by atoms with van der Waals surface area (Å²) in [6.45, 7) is 3.01. The van der Waals surface area contributed by atoms with Crippen molar-refractivity contribution in [3.63, 3.8) is 0 Å². The fourth-order valence-corrected chi connectivity index (χ4v) is 6.40. The van der Waals surface area contributed by atoms with E-state index in [2.05, 4.69) is 15.5 Å². The standard InChI is InChI=1S/C20H27N5O9S2/c1-4-5-33-19(30)34-9(2)13-20(8-32-3,17(28)29)7-25-15(27)12(16(25)36-13)23-14(26)11(24-31)10-6-35-18(21)22-10/h6,9,12-13,16,31H,4-5,7-8H2,1-3H3,(H2,21,22)(H,23,26)(H,28,29)/t9?,12?,13?,16-,20?/m1/s1. The molecule has 36 heavy (non-hydrogen) atoms. The monoisotopic (exact) mass is 545 g/mol. The Morgan fingerprint density at radius 2 is 2.17 bits per heavy atom. The second-order valence-electron chi connectivity index (χ2n) is 8.20. The SMILES string of the molecule is CCCOC(=O)OC(C)C1S[C@@H]2C(NC(=O)C(=NO)c3csc(N)n3)C(=O)N2CC1(COC)C(=O)O. The number of thioether (sulfide) groups is 1. The smallest absolute Gasteiger partial charge is 0.481 e. The molecule has 1 aromatic rings. The average Bonchev–Trinajstić information content (AvgIpc) is 3.26. The number of fused-ring (bicyclic) bond motifs is 1. The van der Waals surface area contributed by atoms with Crippen LogP contribution >= 0.6 is 23.1 Å². The third kappa shape index (κ3) is 5.19. The van der Waals surface area contributed by atoms with Gasteiger partial charge in [0, 0.05) is 19.0 Å². The number of nitrogens with two attached hydrogens (primary N) is 1. The summed E-state index contributed by atoms with van der Waals surface area (Å²) in [4.78, 5) is 55.4. The molecule has 5 atom stereocenters. The van der Waals surface area contributed by atoms with E-state index in [-0.39, 0.29) is 30.6 Å². The van der Waals surface area contributed by atoms with Crippen LogP contribution in [0.25, 0.3) is 0 Å². The number of oxime groups is 1. The van der Waals surface area contributed by atoms with Crippen LogP contribution in [0.2, 0.25) is 0 Å². The van der Waals surface area contributed by atoms with Crippen molar-refractivity contribution in [2.45, 2.75) is 43.0 Å². The van der Waals surface area contributed by atoms with Gasteiger partial charge in [0.15, 0.2) is 10.8 Å². The molecule has 0 aromatic carbocycles. The van der Waals surface area contributed by atoms with E-state index < -0.39 is 57.8 Å². The molecule has 0 radical (unpaired) electrons. The fourth-order valence-electron chi connectivity index (χ4n) is 4.10. The zero-order chi connectivity index (χ0) is 26.6. The number of methoxy groups -OCH3 is 1. The highest BCUT2D eigenvalue weighted by Crippen LogP contribution is 2.49. The van der Waals surface area contributed by atoms with Gasteiger partial charge < -0.3 is 40.5 Å². The van der Waals surface area contributed by atoms with E-state index >= 15 is 0 Å². The minimum Gasteiger partial charge on any atom is -0.481 e. The number of carbonyl (C=O) groups excluding carboxylic acids is 3. The van der Waals surface area contributed by atoms with Gasteiger partial charge >= 0.3 is 12.1 Å². The molecule has 0 spiro atoms. The molecule has 3 heterocycles. The summed E-state index contributed by atoms with van der Waals surface area (Å²) in [5.41, 5.74) is 3.58. The molecule has 3 rings (SSSR count). The lowest BCUT2D eigenvalue weighted by atomic mass is 9.80. The van der Waals surface area contributed by atoms with Crippen LogP contribution in [0.1, 0.15) is 26.0 Å². The number of ether oxygens (including phenoxy) is 3. The Balaban J connectivity index is 1.81. The van der Waals surface area contributed by atoms with Crippen molar-refractivity contribution in [1.29, 1.82) is 0 Å². The number of aliphatic carboxylic acids is 1. The Hall–Kier alpha value is -3.11. The number of carboxylic acids is 1. The number of nitrogens with zero attached hydrogens (tertiary/aromatic N) is 3. The highest BCUT2D eigenvalue weighted by atomic mass is 32.2. The fraction of sp³-hybridized carbons (Fsp3) is 0.600. The summed E-state index contributed by atoms with van der Waals surface area (Å²) >= 11 is 2.10. The Kier molecular flexibility index (Phi) is 8.63. The number of nitrogen functional groups attached to an aromatic ring is 1. The average molecular weight is 546 g/mol. The summed E-state index contributed by atoms with van der Waals surface area (Å²) in [6.07, 6.45) is -1.30. The van der Waals surface area contributed by atoms with E-state index in [4.69, 9.17) is 19.9 Å². The van der Waals surface area contributed by atoms with E-state index in [9.17, 15) is 29.5 Å². The maximum absolute atomic E-state index is 12.9. The summed E-state index contributed by atoms with van der Waals surface area (Å²) < 4.78 is 15.5. The van der Waals surface area contributed by atoms with Crippen LogP contribution < -0.4 is 11.1 Å². The molecule has 5 N–H and O–H groups in total. The van der Waals surface area contributed by atoms with Crippen molar-refractivity contribution in [1.82, 2.24) is 15.2 Å². The van der Waals surface area contributed by atoms with Gasteiger partial charge in [0.1, 0.15) is 28.6 Å². The molecular weight excluding hydrogens is 518 g/mol. The molecule has 2 amide bonds. The topological polar surface area (TPSA) is 203 Å². The second kappa shape index (κ2) is 11.3. The highest BCUT2D eigenvalue weighted by Gasteiger charge is 2.63. The first kappa shape index (κ1) is 27.5. The number of carboxylic acid groups (broad SMARTS) is 1. The van der Waals surface area contributed by atoms with E-state index in [1.165, 1.54) is 24.3 Å². The third-order valence-corrected chi connectivity index (χ3v) is 8.36. The van der Waals surface area contributed by atoms with E-state index in [1.54, 1.807) is 0 Å². The minimum absolute atomic E-state index is 0.0351. The lowest BCUT2D eigenvalue weighted by molar-refractivity contribution is -0.165. The molecule has 16 heteroatoms. The maximum atomic E-state index is 12.9. The van der Waals surface area contributed by atoms with Gasteiger partial charge in [-0.05, 0) is 13.3 Å². The number of aromatic nitrogens is 1. The number of hydrogen-bond donors (Lipinski definition) is 4. The van der Waals surface area contributed by atoms with Crippen molar-refractivity contribution in [2.24, 2.45) is 10.6 Å². The molecule has 1 aromatic heterocycles. The first-order chi connectivity index (χ1) is 17.1. The largest absolute Gasteiger partial charge is 0.508 e. The quantitative estimate of drug-likeness (QED) is 0.103. The van der Waals surface area contributed by atoms with E-state index in [1.807, 2.05) is 6.92 Å². The number of thiazole rings is 1. The third-order valence-electron chi connectivity index (χ3n) is 5.75. The molecule has 4 unspecified atom stereocenters. The van der Waals surface area contributed by atoms with Crippen LogP contribution in [0, 0.1) is 5.41 Å². The van der Waals surface area contributed by atoms with Crippen molar-refractivity contribution in [2.75, 3.05) is 32.6 Å². The summed E-state index contributed by atoms with van der Waals surface area (Å²) in [7, 11) is 1.33. The van der Waals surface area contributed by atoms with Crippen molar-refractivity contribution in [3.05, 3.63) is 11.1 Å². The normalized spacial score (nSPS) is 26.4. The highest BCUT2D eigenvalue weighted by molar-refractivity contribution is 8.00. The van der Waals surface area contributed by atoms with Crippen LogP contribution in [0.4, 0.5) is 9.93 Å². The molecule has 198 valence electrons. The summed E-state index contributed by atoms with van der Waals surface area (Å²) in [5.74, 6) is -2.61. The number of β-lactam (4-membered cyclic amide) rings is 1. The number of anilines is 1. The van der Waals surface area contributed by atoms with Crippen molar-refractivity contribution < 1.29 is 43.7 Å². The van der Waals surface area contributed by atoms with Crippen molar-refractivity contribution in [3.8, 4) is 0 Å². The van der Waals surface area contributed by atoms with Crippen LogP contribution in [0.15, 0.2) is 10.5 Å². The Morgan fingerprint density at radius 1 is 1.44 bits per heavy atom. The number of hydrogen-bond acceptors (Lipinski definition) is 13. The number of nitrogens with one attached hydrogen (secondary N) is 1. The molecule has 0 saturated carbocycles. The molecular formula is C20H27N5O9S2. The lowest BCUT2D eigenvalue weighted by Gasteiger charge is -2.57. The Bertz CT molecular complexity index is 1050. The van der Waals surface area contributed by atoms with E-state index in [0.717, 1.165) is 23.1 Å². The summed E-state index contributed by atoms with van der Waals surface area (Å²) in [6, 6.07) is -1.05. The van der Waals surface area contributed by atoms with Gasteiger partial charge in [0.25, 0.3) is 5.91 Å². The van der Waals surface area contributed by atoms with Crippen LogP contribution in [0.3, 0.4) is 0 Å². The molecule has 2 aliphatic heterocycles. The van der Waals surface area contributed by atoms with Gasteiger partial charge in [-0.25, -0.2) is 9.78 Å². The van der Waals surface area contributed by atoms with Crippen LogP contribution in [-0.2, 0) is 28.6 Å².